The van der Waals surface area contributed by atoms with E-state index in [2.05, 4.69) is 56.4 Å². The molecule has 2 saturated heterocycles. The molecule has 3 aliphatic rings. The summed E-state index contributed by atoms with van der Waals surface area (Å²) >= 11 is 0. The Balaban J connectivity index is 1.32. The molecule has 3 fully saturated rings. The van der Waals surface area contributed by atoms with Crippen LogP contribution in [0.3, 0.4) is 0 Å². The molecule has 202 valence electrons. The predicted octanol–water partition coefficient (Wildman–Crippen LogP) is 2.89. The molecule has 10 nitrogen and oxygen atoms in total. The standard InChI is InChI=1S/C28H38N8O2/c1-4-23(37)31-22-6-5-15-36(18(22)2)27-32-26(24(25(29)38)33-34-27)30-20-9-7-19(8-10-20)28(3)13-16-35(17-14-28)21-11-12-21/h4,7-10,18,21-22H,1,5-6,11-17H2,2-3H3,(H2,29,38)(H,31,37)(H,30,32,34)/t18-,22-/m1/s1. The van der Waals surface area contributed by atoms with E-state index in [0.717, 1.165) is 50.5 Å². The van der Waals surface area contributed by atoms with E-state index in [9.17, 15) is 9.59 Å². The zero-order valence-corrected chi connectivity index (χ0v) is 22.3. The van der Waals surface area contributed by atoms with E-state index < -0.39 is 5.91 Å². The number of carbonyl (C=O) groups excluding carboxylic acids is 2. The lowest BCUT2D eigenvalue weighted by atomic mass is 9.74. The minimum absolute atomic E-state index is 0.0154. The Morgan fingerprint density at radius 3 is 2.45 bits per heavy atom. The first-order chi connectivity index (χ1) is 18.3. The molecule has 1 saturated carbocycles. The van der Waals surface area contributed by atoms with Crippen LogP contribution in [0.4, 0.5) is 17.5 Å². The first kappa shape index (κ1) is 26.1. The Bertz CT molecular complexity index is 1190. The summed E-state index contributed by atoms with van der Waals surface area (Å²) in [4.78, 5) is 33.3. The number of hydrogen-bond donors (Lipinski definition) is 3. The third-order valence-corrected chi connectivity index (χ3v) is 8.48. The molecule has 2 aromatic rings. The van der Waals surface area contributed by atoms with Crippen LogP contribution < -0.4 is 21.3 Å². The highest BCUT2D eigenvalue weighted by molar-refractivity contribution is 5.96. The number of nitrogens with zero attached hydrogens (tertiary/aromatic N) is 5. The van der Waals surface area contributed by atoms with E-state index in [-0.39, 0.29) is 34.9 Å². The van der Waals surface area contributed by atoms with Gasteiger partial charge in [0.1, 0.15) is 0 Å². The van der Waals surface area contributed by atoms with Crippen molar-refractivity contribution in [2.45, 2.75) is 75.9 Å². The average Bonchev–Trinajstić information content (AvgIpc) is 3.76. The van der Waals surface area contributed by atoms with Gasteiger partial charge >= 0.3 is 0 Å². The van der Waals surface area contributed by atoms with Crippen LogP contribution in [0, 0.1) is 0 Å². The van der Waals surface area contributed by atoms with Gasteiger partial charge in [0.15, 0.2) is 11.5 Å². The van der Waals surface area contributed by atoms with Gasteiger partial charge in [0, 0.05) is 30.4 Å². The lowest BCUT2D eigenvalue weighted by molar-refractivity contribution is -0.117. The molecule has 2 atom stereocenters. The number of benzene rings is 1. The maximum Gasteiger partial charge on any atom is 0.273 e. The fraction of sp³-hybridized carbons (Fsp3) is 0.536. The van der Waals surface area contributed by atoms with Crippen LogP contribution in [-0.4, -0.2) is 69.7 Å². The van der Waals surface area contributed by atoms with Gasteiger partial charge in [-0.05, 0) is 87.7 Å². The quantitative estimate of drug-likeness (QED) is 0.455. The summed E-state index contributed by atoms with van der Waals surface area (Å²) < 4.78 is 0. The second kappa shape index (κ2) is 10.7. The van der Waals surface area contributed by atoms with Crippen molar-refractivity contribution in [3.63, 3.8) is 0 Å². The normalized spacial score (nSPS) is 23.5. The van der Waals surface area contributed by atoms with Crippen molar-refractivity contribution >= 4 is 29.3 Å². The van der Waals surface area contributed by atoms with Crippen LogP contribution in [0.1, 0.15) is 68.4 Å². The maximum absolute atomic E-state index is 12.1. The number of piperidine rings is 2. The Morgan fingerprint density at radius 2 is 1.82 bits per heavy atom. The number of primary amides is 1. The van der Waals surface area contributed by atoms with Crippen LogP contribution in [0.2, 0.25) is 0 Å². The second-order valence-corrected chi connectivity index (χ2v) is 11.1. The summed E-state index contributed by atoms with van der Waals surface area (Å²) in [7, 11) is 0. The Morgan fingerprint density at radius 1 is 1.11 bits per heavy atom. The highest BCUT2D eigenvalue weighted by Crippen LogP contribution is 2.39. The number of hydrogen-bond acceptors (Lipinski definition) is 8. The molecule has 38 heavy (non-hydrogen) atoms. The second-order valence-electron chi connectivity index (χ2n) is 11.1. The van der Waals surface area contributed by atoms with E-state index in [0.29, 0.717) is 12.5 Å². The van der Waals surface area contributed by atoms with Gasteiger partial charge in [-0.3, -0.25) is 9.59 Å². The first-order valence-corrected chi connectivity index (χ1v) is 13.6. The van der Waals surface area contributed by atoms with Crippen LogP contribution in [0.15, 0.2) is 36.9 Å². The molecule has 1 aromatic heterocycles. The molecule has 2 aliphatic heterocycles. The maximum atomic E-state index is 12.1. The number of likely N-dealkylation sites (tertiary alicyclic amines) is 1. The number of amides is 2. The van der Waals surface area contributed by atoms with Gasteiger partial charge in [0.2, 0.25) is 11.9 Å². The average molecular weight is 519 g/mol. The van der Waals surface area contributed by atoms with Gasteiger partial charge in [-0.25, -0.2) is 0 Å². The molecule has 0 spiro atoms. The summed E-state index contributed by atoms with van der Waals surface area (Å²) in [5, 5.41) is 14.5. The molecule has 2 amide bonds. The van der Waals surface area contributed by atoms with E-state index in [1.165, 1.54) is 24.5 Å². The number of carbonyl (C=O) groups is 2. The van der Waals surface area contributed by atoms with Crippen molar-refractivity contribution in [1.29, 1.82) is 0 Å². The molecular formula is C28H38N8O2. The van der Waals surface area contributed by atoms with Crippen molar-refractivity contribution in [3.05, 3.63) is 48.2 Å². The fourth-order valence-electron chi connectivity index (χ4n) is 5.76. The minimum atomic E-state index is -0.701. The van der Waals surface area contributed by atoms with E-state index in [1.807, 2.05) is 24.0 Å². The molecule has 0 radical (unpaired) electrons. The fourth-order valence-corrected chi connectivity index (χ4v) is 5.76. The molecule has 0 unspecified atom stereocenters. The van der Waals surface area contributed by atoms with Gasteiger partial charge in [0.25, 0.3) is 5.91 Å². The number of aromatic nitrogens is 3. The molecule has 4 N–H and O–H groups in total. The Labute approximate surface area is 224 Å². The Hall–Kier alpha value is -3.53. The number of nitrogens with one attached hydrogen (secondary N) is 2. The smallest absolute Gasteiger partial charge is 0.273 e. The topological polar surface area (TPSA) is 129 Å². The van der Waals surface area contributed by atoms with Crippen molar-refractivity contribution in [1.82, 2.24) is 25.4 Å². The van der Waals surface area contributed by atoms with Crippen LogP contribution >= 0.6 is 0 Å². The highest BCUT2D eigenvalue weighted by atomic mass is 16.2. The third kappa shape index (κ3) is 5.50. The molecular weight excluding hydrogens is 480 g/mol. The zero-order chi connectivity index (χ0) is 26.9. The molecule has 3 heterocycles. The third-order valence-electron chi connectivity index (χ3n) is 8.48. The summed E-state index contributed by atoms with van der Waals surface area (Å²) in [5.74, 6) is -0.258. The van der Waals surface area contributed by atoms with Crippen molar-refractivity contribution < 1.29 is 9.59 Å². The monoisotopic (exact) mass is 518 g/mol. The van der Waals surface area contributed by atoms with Gasteiger partial charge < -0.3 is 26.2 Å². The van der Waals surface area contributed by atoms with Gasteiger partial charge in [-0.15, -0.1) is 10.2 Å². The number of anilines is 3. The molecule has 10 heteroatoms. The minimum Gasteiger partial charge on any atom is -0.364 e. The molecule has 1 aromatic carbocycles. The summed E-state index contributed by atoms with van der Waals surface area (Å²) in [6, 6.07) is 9.04. The van der Waals surface area contributed by atoms with E-state index in [4.69, 9.17) is 5.73 Å². The van der Waals surface area contributed by atoms with Crippen LogP contribution in [0.25, 0.3) is 0 Å². The lowest BCUT2D eigenvalue weighted by Crippen LogP contribution is -2.54. The predicted molar refractivity (Wildman–Crippen MR) is 147 cm³/mol. The van der Waals surface area contributed by atoms with Crippen LogP contribution in [-0.2, 0) is 10.2 Å². The van der Waals surface area contributed by atoms with Crippen molar-refractivity contribution in [3.8, 4) is 0 Å². The van der Waals surface area contributed by atoms with Crippen molar-refractivity contribution in [2.24, 2.45) is 5.73 Å². The summed E-state index contributed by atoms with van der Waals surface area (Å²) in [5.41, 5.74) is 7.86. The molecule has 1 aliphatic carbocycles. The van der Waals surface area contributed by atoms with Crippen molar-refractivity contribution in [2.75, 3.05) is 29.9 Å². The van der Waals surface area contributed by atoms with Gasteiger partial charge in [-0.2, -0.15) is 4.98 Å². The summed E-state index contributed by atoms with van der Waals surface area (Å²) in [6.45, 7) is 10.9. The SMILES string of the molecule is C=CC(=O)N[C@@H]1CCCN(c2nnc(C(N)=O)c(Nc3ccc(C4(C)CCN(C5CC5)CC4)cc3)n2)[C@@H]1C. The van der Waals surface area contributed by atoms with Gasteiger partial charge in [-0.1, -0.05) is 25.6 Å². The lowest BCUT2D eigenvalue weighted by Gasteiger charge is -2.40. The Kier molecular flexibility index (Phi) is 7.34. The van der Waals surface area contributed by atoms with E-state index >= 15 is 0 Å². The largest absolute Gasteiger partial charge is 0.364 e. The number of rotatable bonds is 8. The zero-order valence-electron chi connectivity index (χ0n) is 22.3. The van der Waals surface area contributed by atoms with Crippen LogP contribution in [0.5, 0.6) is 0 Å². The number of nitrogens with two attached hydrogens (primary N) is 1. The highest BCUT2D eigenvalue weighted by Gasteiger charge is 2.37. The summed E-state index contributed by atoms with van der Waals surface area (Å²) in [6.07, 6.45) is 8.00. The van der Waals surface area contributed by atoms with E-state index in [1.54, 1.807) is 0 Å². The first-order valence-electron chi connectivity index (χ1n) is 13.6. The molecule has 5 rings (SSSR count). The van der Waals surface area contributed by atoms with Gasteiger partial charge in [0.05, 0.1) is 0 Å². The molecule has 0 bridgehead atoms.